The molecule has 0 saturated carbocycles. The van der Waals surface area contributed by atoms with E-state index in [1.165, 1.54) is 0 Å². The lowest BCUT2D eigenvalue weighted by atomic mass is 10.1. The Labute approximate surface area is 208 Å². The van der Waals surface area contributed by atoms with E-state index in [0.29, 0.717) is 11.0 Å². The Morgan fingerprint density at radius 3 is 2.69 bits per heavy atom. The van der Waals surface area contributed by atoms with Crippen LogP contribution in [0.4, 0.5) is 11.6 Å². The van der Waals surface area contributed by atoms with Gasteiger partial charge in [0.05, 0.1) is 16.6 Å². The Kier molecular flexibility index (Phi) is 5.29. The summed E-state index contributed by atoms with van der Waals surface area (Å²) in [6.45, 7) is 6.56. The number of aromatic amines is 1. The van der Waals surface area contributed by atoms with Crippen LogP contribution < -0.4 is 9.80 Å². The van der Waals surface area contributed by atoms with Gasteiger partial charge in [0.15, 0.2) is 5.82 Å². The van der Waals surface area contributed by atoms with Gasteiger partial charge in [-0.2, -0.15) is 0 Å². The van der Waals surface area contributed by atoms with E-state index in [1.54, 1.807) is 18.2 Å². The molecule has 180 valence electrons. The summed E-state index contributed by atoms with van der Waals surface area (Å²) in [7, 11) is 0. The molecule has 8 heteroatoms. The van der Waals surface area contributed by atoms with E-state index in [4.69, 9.17) is 9.97 Å². The molecule has 3 aromatic heterocycles. The van der Waals surface area contributed by atoms with E-state index in [-0.39, 0.29) is 11.6 Å². The third-order valence-corrected chi connectivity index (χ3v) is 6.79. The largest absolute Gasteiger partial charge is 0.478 e. The Bertz CT molecular complexity index is 1600. The topological polar surface area (TPSA) is 98.2 Å². The summed E-state index contributed by atoms with van der Waals surface area (Å²) in [6, 6.07) is 19.4. The van der Waals surface area contributed by atoms with Gasteiger partial charge in [0.25, 0.3) is 0 Å². The lowest BCUT2D eigenvalue weighted by Gasteiger charge is -2.41. The summed E-state index contributed by atoms with van der Waals surface area (Å²) in [5.41, 5.74) is 5.41. The molecule has 1 atom stereocenters. The highest BCUT2D eigenvalue weighted by molar-refractivity contribution is 5.94. The zero-order valence-corrected chi connectivity index (χ0v) is 20.1. The van der Waals surface area contributed by atoms with Crippen LogP contribution in [0.25, 0.3) is 33.2 Å². The number of aromatic nitrogens is 4. The fraction of sp³-hybridized carbons (Fsp3) is 0.214. The van der Waals surface area contributed by atoms with E-state index < -0.39 is 5.97 Å². The van der Waals surface area contributed by atoms with Crippen LogP contribution in [0.5, 0.6) is 0 Å². The van der Waals surface area contributed by atoms with Crippen molar-refractivity contribution < 1.29 is 9.90 Å². The number of H-pyrrole nitrogens is 1. The van der Waals surface area contributed by atoms with Gasteiger partial charge in [-0.05, 0) is 62.4 Å². The first-order chi connectivity index (χ1) is 17.5. The molecule has 5 aromatic rings. The minimum Gasteiger partial charge on any atom is -0.478 e. The van der Waals surface area contributed by atoms with Gasteiger partial charge in [0.1, 0.15) is 11.5 Å². The lowest BCUT2D eigenvalue weighted by molar-refractivity contribution is 0.0697. The third kappa shape index (κ3) is 3.90. The average Bonchev–Trinajstić information content (AvgIpc) is 3.27. The molecule has 1 aliphatic rings. The van der Waals surface area contributed by atoms with Crippen LogP contribution >= 0.6 is 0 Å². The molecule has 0 radical (unpaired) electrons. The first kappa shape index (κ1) is 22.0. The number of hydrogen-bond acceptors (Lipinski definition) is 6. The number of benzene rings is 2. The van der Waals surface area contributed by atoms with Gasteiger partial charge in [-0.1, -0.05) is 12.1 Å². The zero-order valence-electron chi connectivity index (χ0n) is 20.1. The number of aromatic carboxylic acids is 1. The van der Waals surface area contributed by atoms with Gasteiger partial charge in [0.2, 0.25) is 0 Å². The van der Waals surface area contributed by atoms with Crippen molar-refractivity contribution >= 4 is 39.5 Å². The van der Waals surface area contributed by atoms with Gasteiger partial charge in [0, 0.05) is 54.0 Å². The van der Waals surface area contributed by atoms with Gasteiger partial charge < -0.3 is 19.9 Å². The van der Waals surface area contributed by atoms with Crippen molar-refractivity contribution in [2.24, 2.45) is 0 Å². The van der Waals surface area contributed by atoms with Crippen LogP contribution in [-0.4, -0.2) is 56.7 Å². The first-order valence-electron chi connectivity index (χ1n) is 12.0. The smallest absolute Gasteiger partial charge is 0.335 e. The summed E-state index contributed by atoms with van der Waals surface area (Å²) in [4.78, 5) is 34.1. The number of carboxylic acids is 1. The molecule has 0 amide bonds. The normalized spacial score (nSPS) is 16.1. The third-order valence-electron chi connectivity index (χ3n) is 6.79. The molecule has 0 unspecified atom stereocenters. The summed E-state index contributed by atoms with van der Waals surface area (Å²) >= 11 is 0. The predicted molar refractivity (Wildman–Crippen MR) is 142 cm³/mol. The second-order valence-electron chi connectivity index (χ2n) is 9.34. The number of rotatable bonds is 4. The maximum Gasteiger partial charge on any atom is 0.335 e. The van der Waals surface area contributed by atoms with Crippen molar-refractivity contribution in [3.63, 3.8) is 0 Å². The van der Waals surface area contributed by atoms with Crippen LogP contribution in [0.15, 0.2) is 66.9 Å². The average molecular weight is 479 g/mol. The molecule has 2 N–H and O–H groups in total. The summed E-state index contributed by atoms with van der Waals surface area (Å²) in [5.74, 6) is 0.757. The van der Waals surface area contributed by atoms with Gasteiger partial charge in [-0.3, -0.25) is 0 Å². The fourth-order valence-corrected chi connectivity index (χ4v) is 5.02. The number of piperazine rings is 1. The Morgan fingerprint density at radius 1 is 1.03 bits per heavy atom. The van der Waals surface area contributed by atoms with Crippen LogP contribution in [0, 0.1) is 6.92 Å². The van der Waals surface area contributed by atoms with E-state index in [1.807, 2.05) is 31.3 Å². The molecule has 0 aliphatic carbocycles. The number of aryl methyl sites for hydroxylation is 1. The van der Waals surface area contributed by atoms with Crippen LogP contribution in [-0.2, 0) is 0 Å². The SMILES string of the molecule is Cc1cc2cc(-c3nc4ccc(C(=O)O)cc4nc3N3CCN(c4ccccn4)C[C@@H]3C)ccc2[nH]1. The maximum atomic E-state index is 11.6. The Morgan fingerprint density at radius 2 is 1.92 bits per heavy atom. The molecule has 36 heavy (non-hydrogen) atoms. The Hall–Kier alpha value is -4.46. The van der Waals surface area contributed by atoms with Crippen molar-refractivity contribution in [3.05, 3.63) is 78.1 Å². The van der Waals surface area contributed by atoms with Crippen LogP contribution in [0.1, 0.15) is 23.0 Å². The van der Waals surface area contributed by atoms with Crippen molar-refractivity contribution in [3.8, 4) is 11.3 Å². The molecule has 1 fully saturated rings. The molecule has 8 nitrogen and oxygen atoms in total. The van der Waals surface area contributed by atoms with Crippen molar-refractivity contribution in [2.75, 3.05) is 29.4 Å². The van der Waals surface area contributed by atoms with E-state index >= 15 is 0 Å². The van der Waals surface area contributed by atoms with Crippen molar-refractivity contribution in [2.45, 2.75) is 19.9 Å². The lowest BCUT2D eigenvalue weighted by Crippen LogP contribution is -2.52. The molecule has 4 heterocycles. The molecular formula is C28H26N6O2. The van der Waals surface area contributed by atoms with Crippen molar-refractivity contribution in [1.29, 1.82) is 0 Å². The zero-order chi connectivity index (χ0) is 24.8. The number of nitrogens with one attached hydrogen (secondary N) is 1. The van der Waals surface area contributed by atoms with Crippen molar-refractivity contribution in [1.82, 2.24) is 19.9 Å². The fourth-order valence-electron chi connectivity index (χ4n) is 5.02. The number of nitrogens with zero attached hydrogens (tertiary/aromatic N) is 5. The second kappa shape index (κ2) is 8.64. The van der Waals surface area contributed by atoms with Gasteiger partial charge in [-0.25, -0.2) is 19.7 Å². The summed E-state index contributed by atoms with van der Waals surface area (Å²) in [6.07, 6.45) is 1.82. The van der Waals surface area contributed by atoms with E-state index in [9.17, 15) is 9.90 Å². The van der Waals surface area contributed by atoms with Gasteiger partial charge >= 0.3 is 5.97 Å². The van der Waals surface area contributed by atoms with Crippen LogP contribution in [0.3, 0.4) is 0 Å². The second-order valence-corrected chi connectivity index (χ2v) is 9.34. The standard InChI is InChI=1S/C28H26N6O2/c1-17-13-21-14-19(6-8-22(21)30-17)26-27(32-24-15-20(28(35)36)7-9-23(24)31-26)34-12-11-33(16-18(34)2)25-5-3-4-10-29-25/h3-10,13-15,18,30H,11-12,16H2,1-2H3,(H,35,36)/t18-/m0/s1. The van der Waals surface area contributed by atoms with Crippen LogP contribution in [0.2, 0.25) is 0 Å². The number of carbonyl (C=O) groups is 1. The number of hydrogen-bond donors (Lipinski definition) is 2. The highest BCUT2D eigenvalue weighted by Crippen LogP contribution is 2.34. The van der Waals surface area contributed by atoms with E-state index in [0.717, 1.165) is 59.1 Å². The summed E-state index contributed by atoms with van der Waals surface area (Å²) < 4.78 is 0. The number of fused-ring (bicyclic) bond motifs is 2. The molecule has 0 spiro atoms. The number of pyridine rings is 1. The molecular weight excluding hydrogens is 452 g/mol. The first-order valence-corrected chi connectivity index (χ1v) is 12.0. The molecule has 6 rings (SSSR count). The molecule has 1 aliphatic heterocycles. The minimum absolute atomic E-state index is 0.146. The minimum atomic E-state index is -0.977. The number of carboxylic acid groups (broad SMARTS) is 1. The molecule has 0 bridgehead atoms. The monoisotopic (exact) mass is 478 g/mol. The van der Waals surface area contributed by atoms with E-state index in [2.05, 4.69) is 51.0 Å². The predicted octanol–water partition coefficient (Wildman–Crippen LogP) is 4.89. The Balaban J connectivity index is 1.46. The van der Waals surface area contributed by atoms with Gasteiger partial charge in [-0.15, -0.1) is 0 Å². The number of anilines is 2. The highest BCUT2D eigenvalue weighted by Gasteiger charge is 2.28. The molecule has 1 saturated heterocycles. The summed E-state index contributed by atoms with van der Waals surface area (Å²) in [5, 5.41) is 10.6. The maximum absolute atomic E-state index is 11.6. The highest BCUT2D eigenvalue weighted by atomic mass is 16.4. The quantitative estimate of drug-likeness (QED) is 0.379. The molecule has 2 aromatic carbocycles.